The van der Waals surface area contributed by atoms with Crippen LogP contribution in [0.25, 0.3) is 22.4 Å². The molecular weight excluding hydrogens is 290 g/mol. The lowest BCUT2D eigenvalue weighted by Gasteiger charge is -2.22. The summed E-state index contributed by atoms with van der Waals surface area (Å²) in [7, 11) is 1.89. The minimum absolute atomic E-state index is 0.0110. The first-order chi connectivity index (χ1) is 12.7. The Morgan fingerprint density at radius 2 is 1.67 bits per heavy atom. The molecule has 24 heavy (non-hydrogen) atoms. The molecule has 0 radical (unpaired) electrons. The molecule has 120 valence electrons. The number of hydrogen-bond donors (Lipinski definition) is 0. The first-order valence-corrected chi connectivity index (χ1v) is 8.38. The lowest BCUT2D eigenvalue weighted by Crippen LogP contribution is -2.34. The maximum absolute atomic E-state index is 8.62. The maximum Gasteiger partial charge on any atom is 0.213 e. The van der Waals surface area contributed by atoms with Gasteiger partial charge in [0.1, 0.15) is 7.05 Å². The van der Waals surface area contributed by atoms with E-state index in [9.17, 15) is 0 Å². The van der Waals surface area contributed by atoms with Gasteiger partial charge in [-0.05, 0) is 35.2 Å². The predicted molar refractivity (Wildman–Crippen MR) is 100 cm³/mol. The zero-order valence-electron chi connectivity index (χ0n) is 17.9. The Kier molecular flexibility index (Phi) is 2.53. The molecule has 1 nitrogen and oxygen atoms in total. The van der Waals surface area contributed by atoms with Crippen molar-refractivity contribution in [1.82, 2.24) is 0 Å². The fraction of sp³-hybridized carbons (Fsp3) is 0.261. The van der Waals surface area contributed by atoms with Crippen LogP contribution >= 0.6 is 0 Å². The van der Waals surface area contributed by atoms with Gasteiger partial charge in [-0.15, -0.1) is 0 Å². The molecule has 1 aromatic heterocycles. The van der Waals surface area contributed by atoms with Crippen LogP contribution in [-0.4, -0.2) is 0 Å². The summed E-state index contributed by atoms with van der Waals surface area (Å²) >= 11 is 0. The third kappa shape index (κ3) is 1.91. The van der Waals surface area contributed by atoms with E-state index in [-0.39, 0.29) is 23.5 Å². The van der Waals surface area contributed by atoms with Crippen LogP contribution in [0.5, 0.6) is 0 Å². The predicted octanol–water partition coefficient (Wildman–Crippen LogP) is 5.10. The van der Waals surface area contributed by atoms with Gasteiger partial charge >= 0.3 is 0 Å². The second kappa shape index (κ2) is 5.04. The molecular formula is C23H24N+. The summed E-state index contributed by atoms with van der Waals surface area (Å²) in [6.45, 7) is 8.40. The van der Waals surface area contributed by atoms with Crippen molar-refractivity contribution in [1.29, 1.82) is 0 Å². The summed E-state index contributed by atoms with van der Waals surface area (Å²) in [5, 5.41) is 0. The molecule has 0 aliphatic heterocycles. The number of aromatic nitrogens is 1. The minimum Gasteiger partial charge on any atom is -0.199 e. The van der Waals surface area contributed by atoms with Crippen LogP contribution in [0.1, 0.15) is 40.3 Å². The lowest BCUT2D eigenvalue weighted by atomic mass is 9.81. The van der Waals surface area contributed by atoms with Crippen molar-refractivity contribution in [2.75, 3.05) is 0 Å². The van der Waals surface area contributed by atoms with Crippen molar-refractivity contribution in [2.45, 2.75) is 33.1 Å². The Morgan fingerprint density at radius 3 is 2.46 bits per heavy atom. The molecule has 1 aliphatic rings. The lowest BCUT2D eigenvalue weighted by molar-refractivity contribution is -0.666. The highest BCUT2D eigenvalue weighted by Gasteiger charge is 2.38. The average Bonchev–Trinajstić information content (AvgIpc) is 2.88. The molecule has 2 aromatic carbocycles. The van der Waals surface area contributed by atoms with E-state index >= 15 is 0 Å². The highest BCUT2D eigenvalue weighted by Crippen LogP contribution is 2.52. The summed E-state index contributed by atoms with van der Waals surface area (Å²) in [6, 6.07) is 13.0. The van der Waals surface area contributed by atoms with Gasteiger partial charge in [0.2, 0.25) is 5.69 Å². The number of fused-ring (bicyclic) bond motifs is 3. The second-order valence-corrected chi connectivity index (χ2v) is 7.22. The van der Waals surface area contributed by atoms with Gasteiger partial charge in [0.15, 0.2) is 5.69 Å². The smallest absolute Gasteiger partial charge is 0.199 e. The Labute approximate surface area is 148 Å². The number of aryl methyl sites for hydroxylation is 1. The van der Waals surface area contributed by atoms with Gasteiger partial charge in [-0.3, -0.25) is 0 Å². The van der Waals surface area contributed by atoms with E-state index < -0.39 is 0 Å². The molecule has 3 aromatic rings. The largest absolute Gasteiger partial charge is 0.213 e. The highest BCUT2D eigenvalue weighted by atomic mass is 14.9. The fourth-order valence-corrected chi connectivity index (χ4v) is 3.95. The summed E-state index contributed by atoms with van der Waals surface area (Å²) in [5.74, 6) is 0. The van der Waals surface area contributed by atoms with Crippen molar-refractivity contribution >= 4 is 0 Å². The number of pyridine rings is 1. The number of benzene rings is 2. The van der Waals surface area contributed by atoms with E-state index in [1.807, 2.05) is 18.5 Å². The van der Waals surface area contributed by atoms with Crippen LogP contribution in [0.2, 0.25) is 0 Å². The Balaban J connectivity index is 2.19. The minimum atomic E-state index is -0.108. The SMILES string of the molecule is [2H]c1c([2H])c(C)[n+](C)c(-c2c(C)ccc3c2-c2ccccc2C3(C)C)c1[2H]. The topological polar surface area (TPSA) is 3.88 Å². The first-order valence-electron chi connectivity index (χ1n) is 9.88. The van der Waals surface area contributed by atoms with Crippen LogP contribution in [0.15, 0.2) is 54.5 Å². The van der Waals surface area contributed by atoms with Crippen molar-refractivity contribution in [3.63, 3.8) is 0 Å². The second-order valence-electron chi connectivity index (χ2n) is 7.22. The molecule has 4 rings (SSSR count). The highest BCUT2D eigenvalue weighted by molar-refractivity contribution is 5.92. The van der Waals surface area contributed by atoms with E-state index in [1.165, 1.54) is 16.7 Å². The summed E-state index contributed by atoms with van der Waals surface area (Å²) < 4.78 is 26.9. The van der Waals surface area contributed by atoms with Crippen molar-refractivity contribution in [3.05, 3.63) is 76.9 Å². The maximum atomic E-state index is 8.62. The number of rotatable bonds is 1. The summed E-state index contributed by atoms with van der Waals surface area (Å²) in [4.78, 5) is 0. The molecule has 0 spiro atoms. The van der Waals surface area contributed by atoms with E-state index in [0.29, 0.717) is 5.69 Å². The molecule has 0 saturated carbocycles. The quantitative estimate of drug-likeness (QED) is 0.550. The standard InChI is InChI=1S/C23H24N/c1-15-13-14-19-22(17-10-6-7-11-18(17)23(19,3)4)21(15)20-12-8-9-16(2)24(20)5/h6-14H,1-5H3/q+1/i8D,9D,12D. The molecule has 0 bridgehead atoms. The zero-order valence-corrected chi connectivity index (χ0v) is 14.9. The van der Waals surface area contributed by atoms with Gasteiger partial charge in [0.25, 0.3) is 0 Å². The third-order valence-electron chi connectivity index (χ3n) is 5.46. The first kappa shape index (κ1) is 12.0. The molecule has 0 fully saturated rings. The molecule has 0 saturated heterocycles. The van der Waals surface area contributed by atoms with Crippen LogP contribution in [-0.2, 0) is 12.5 Å². The van der Waals surface area contributed by atoms with Crippen molar-refractivity contribution in [2.24, 2.45) is 7.05 Å². The van der Waals surface area contributed by atoms with E-state index in [2.05, 4.69) is 57.2 Å². The van der Waals surface area contributed by atoms with Gasteiger partial charge in [0, 0.05) is 30.0 Å². The molecule has 0 N–H and O–H groups in total. The molecule has 0 unspecified atom stereocenters. The third-order valence-corrected chi connectivity index (χ3v) is 5.46. The van der Waals surface area contributed by atoms with Gasteiger partial charge in [-0.2, -0.15) is 4.57 Å². The number of nitrogens with zero attached hydrogens (tertiary/aromatic N) is 1. The monoisotopic (exact) mass is 317 g/mol. The average molecular weight is 317 g/mol. The normalized spacial score (nSPS) is 16.1. The molecule has 0 amide bonds. The van der Waals surface area contributed by atoms with Crippen molar-refractivity contribution < 1.29 is 8.68 Å². The zero-order chi connectivity index (χ0) is 19.7. The van der Waals surface area contributed by atoms with Gasteiger partial charge in [-0.1, -0.05) is 50.2 Å². The van der Waals surface area contributed by atoms with E-state index in [0.717, 1.165) is 22.4 Å². The van der Waals surface area contributed by atoms with Gasteiger partial charge in [-0.25, -0.2) is 0 Å². The summed E-state index contributed by atoms with van der Waals surface area (Å²) in [6.07, 6.45) is 0. The Bertz CT molecular complexity index is 1080. The Morgan fingerprint density at radius 1 is 0.917 bits per heavy atom. The van der Waals surface area contributed by atoms with Crippen LogP contribution in [0.4, 0.5) is 0 Å². The van der Waals surface area contributed by atoms with E-state index in [4.69, 9.17) is 4.11 Å². The molecule has 1 aliphatic carbocycles. The van der Waals surface area contributed by atoms with E-state index in [1.54, 1.807) is 0 Å². The van der Waals surface area contributed by atoms with Crippen LogP contribution in [0.3, 0.4) is 0 Å². The van der Waals surface area contributed by atoms with Crippen LogP contribution < -0.4 is 4.57 Å². The van der Waals surface area contributed by atoms with Gasteiger partial charge in [0.05, 0.1) is 9.68 Å². The fourth-order valence-electron chi connectivity index (χ4n) is 3.95. The molecule has 1 heterocycles. The molecule has 1 heteroatoms. The van der Waals surface area contributed by atoms with Gasteiger partial charge < -0.3 is 0 Å². The van der Waals surface area contributed by atoms with Crippen LogP contribution in [0, 0.1) is 13.8 Å². The number of hydrogen-bond acceptors (Lipinski definition) is 0. The Hall–Kier alpha value is -2.41. The molecule has 0 atom stereocenters. The van der Waals surface area contributed by atoms with Crippen molar-refractivity contribution in [3.8, 4) is 22.4 Å². The summed E-state index contributed by atoms with van der Waals surface area (Å²) in [5.41, 5.74) is 8.32.